The maximum atomic E-state index is 10.1. The van der Waals surface area contributed by atoms with Gasteiger partial charge in [0.2, 0.25) is 0 Å². The Hall–Kier alpha value is -0.730. The van der Waals surface area contributed by atoms with Gasteiger partial charge in [0.05, 0.1) is 5.60 Å². The molecular weight excluding hydrogens is 222 g/mol. The van der Waals surface area contributed by atoms with E-state index in [-0.39, 0.29) is 0 Å². The summed E-state index contributed by atoms with van der Waals surface area (Å²) in [6.45, 7) is 3.90. The number of rotatable bonds is 2. The van der Waals surface area contributed by atoms with Gasteiger partial charge in [0.1, 0.15) is 0 Å². The van der Waals surface area contributed by atoms with Gasteiger partial charge in [-0.05, 0) is 43.5 Å². The Morgan fingerprint density at radius 2 is 1.81 bits per heavy atom. The van der Waals surface area contributed by atoms with E-state index >= 15 is 0 Å². The molecule has 0 spiro atoms. The summed E-state index contributed by atoms with van der Waals surface area (Å²) in [4.78, 5) is 2.31. The molecule has 0 saturated carbocycles. The molecule has 0 radical (unpaired) electrons. The van der Waals surface area contributed by atoms with Crippen molar-refractivity contribution in [3.05, 3.63) is 29.3 Å². The predicted molar refractivity (Wildman–Crippen MR) is 68.1 cm³/mol. The first-order valence-electron chi connectivity index (χ1n) is 5.86. The Morgan fingerprint density at radius 1 is 1.25 bits per heavy atom. The van der Waals surface area contributed by atoms with Crippen molar-refractivity contribution >= 4 is 17.3 Å². The number of hydrogen-bond acceptors (Lipinski definition) is 2. The highest BCUT2D eigenvalue weighted by Gasteiger charge is 2.30. The van der Waals surface area contributed by atoms with Crippen molar-refractivity contribution in [1.29, 1.82) is 0 Å². The summed E-state index contributed by atoms with van der Waals surface area (Å²) in [6, 6.07) is 7.91. The van der Waals surface area contributed by atoms with Crippen molar-refractivity contribution in [2.45, 2.75) is 31.8 Å². The van der Waals surface area contributed by atoms with Crippen LogP contribution < -0.4 is 4.90 Å². The topological polar surface area (TPSA) is 23.5 Å². The molecule has 1 aromatic carbocycles. The zero-order valence-corrected chi connectivity index (χ0v) is 10.4. The van der Waals surface area contributed by atoms with Crippen molar-refractivity contribution in [2.75, 3.05) is 18.0 Å². The Kier molecular flexibility index (Phi) is 3.41. The van der Waals surface area contributed by atoms with Crippen LogP contribution in [0.5, 0.6) is 0 Å². The second-order valence-corrected chi connectivity index (χ2v) is 4.98. The number of aliphatic hydroxyl groups is 1. The Labute approximate surface area is 102 Å². The van der Waals surface area contributed by atoms with E-state index in [1.54, 1.807) is 0 Å². The van der Waals surface area contributed by atoms with Crippen molar-refractivity contribution in [3.8, 4) is 0 Å². The van der Waals surface area contributed by atoms with E-state index in [1.165, 1.54) is 5.69 Å². The normalized spacial score (nSPS) is 19.8. The molecule has 0 atom stereocenters. The lowest BCUT2D eigenvalue weighted by Crippen LogP contribution is -2.44. The maximum Gasteiger partial charge on any atom is 0.0678 e. The molecule has 2 rings (SSSR count). The van der Waals surface area contributed by atoms with Crippen LogP contribution in [0, 0.1) is 0 Å². The fourth-order valence-corrected chi connectivity index (χ4v) is 2.31. The maximum absolute atomic E-state index is 10.1. The van der Waals surface area contributed by atoms with E-state index in [0.717, 1.165) is 37.4 Å². The van der Waals surface area contributed by atoms with E-state index in [1.807, 2.05) is 24.3 Å². The van der Waals surface area contributed by atoms with E-state index in [9.17, 15) is 5.11 Å². The van der Waals surface area contributed by atoms with Crippen molar-refractivity contribution in [2.24, 2.45) is 0 Å². The lowest BCUT2D eigenvalue weighted by molar-refractivity contribution is 0.0126. The highest BCUT2D eigenvalue weighted by Crippen LogP contribution is 2.28. The van der Waals surface area contributed by atoms with Gasteiger partial charge in [0.25, 0.3) is 0 Å². The quantitative estimate of drug-likeness (QED) is 0.858. The van der Waals surface area contributed by atoms with Crippen LogP contribution in [0.15, 0.2) is 24.3 Å². The third kappa shape index (κ3) is 2.50. The third-order valence-corrected chi connectivity index (χ3v) is 3.80. The van der Waals surface area contributed by atoms with Crippen molar-refractivity contribution < 1.29 is 5.11 Å². The number of hydrogen-bond donors (Lipinski definition) is 1. The van der Waals surface area contributed by atoms with Crippen LogP contribution in [-0.4, -0.2) is 23.8 Å². The minimum absolute atomic E-state index is 0.442. The summed E-state index contributed by atoms with van der Waals surface area (Å²) < 4.78 is 0. The molecule has 1 N–H and O–H groups in total. The SMILES string of the molecule is CCC1(O)CCN(c2ccc(Cl)cc2)CC1. The largest absolute Gasteiger partial charge is 0.390 e. The molecular formula is C13H18ClNO. The number of halogens is 1. The predicted octanol–water partition coefficient (Wildman–Crippen LogP) is 3.08. The Bertz CT molecular complexity index is 341. The fourth-order valence-electron chi connectivity index (χ4n) is 2.19. The molecule has 1 aromatic rings. The second-order valence-electron chi connectivity index (χ2n) is 4.54. The molecule has 1 fully saturated rings. The van der Waals surface area contributed by atoms with Gasteiger partial charge in [-0.2, -0.15) is 0 Å². The number of benzene rings is 1. The minimum Gasteiger partial charge on any atom is -0.390 e. The van der Waals surface area contributed by atoms with Crippen LogP contribution in [0.2, 0.25) is 5.02 Å². The molecule has 2 nitrogen and oxygen atoms in total. The average Bonchev–Trinajstić information content (AvgIpc) is 2.32. The summed E-state index contributed by atoms with van der Waals surface area (Å²) in [5.74, 6) is 0. The Balaban J connectivity index is 2.01. The monoisotopic (exact) mass is 239 g/mol. The lowest BCUT2D eigenvalue weighted by atomic mass is 9.89. The highest BCUT2D eigenvalue weighted by molar-refractivity contribution is 6.30. The van der Waals surface area contributed by atoms with Crippen molar-refractivity contribution in [1.82, 2.24) is 0 Å². The standard InChI is InChI=1S/C13H18ClNO/c1-2-13(16)7-9-15(10-8-13)12-5-3-11(14)4-6-12/h3-6,16H,2,7-10H2,1H3. The lowest BCUT2D eigenvalue weighted by Gasteiger charge is -2.38. The third-order valence-electron chi connectivity index (χ3n) is 3.54. The number of anilines is 1. The molecule has 1 saturated heterocycles. The van der Waals surface area contributed by atoms with Gasteiger partial charge in [-0.25, -0.2) is 0 Å². The van der Waals surface area contributed by atoms with Crippen LogP contribution in [0.25, 0.3) is 0 Å². The van der Waals surface area contributed by atoms with E-state index in [4.69, 9.17) is 11.6 Å². The molecule has 1 aliphatic heterocycles. The first-order valence-corrected chi connectivity index (χ1v) is 6.24. The van der Waals surface area contributed by atoms with Gasteiger partial charge in [-0.3, -0.25) is 0 Å². The Morgan fingerprint density at radius 3 is 2.31 bits per heavy atom. The molecule has 16 heavy (non-hydrogen) atoms. The average molecular weight is 240 g/mol. The van der Waals surface area contributed by atoms with Gasteiger partial charge in [0, 0.05) is 23.8 Å². The summed E-state index contributed by atoms with van der Waals surface area (Å²) in [6.07, 6.45) is 2.56. The van der Waals surface area contributed by atoms with Crippen LogP contribution in [0.1, 0.15) is 26.2 Å². The van der Waals surface area contributed by atoms with Gasteiger partial charge >= 0.3 is 0 Å². The molecule has 0 bridgehead atoms. The van der Waals surface area contributed by atoms with Crippen LogP contribution in [0.3, 0.4) is 0 Å². The van der Waals surface area contributed by atoms with E-state index in [2.05, 4.69) is 11.8 Å². The molecule has 88 valence electrons. The summed E-state index contributed by atoms with van der Waals surface area (Å²) in [7, 11) is 0. The summed E-state index contributed by atoms with van der Waals surface area (Å²) >= 11 is 5.86. The van der Waals surface area contributed by atoms with Crippen LogP contribution in [0.4, 0.5) is 5.69 Å². The second kappa shape index (κ2) is 4.64. The fraction of sp³-hybridized carbons (Fsp3) is 0.538. The molecule has 1 heterocycles. The molecule has 3 heteroatoms. The zero-order chi connectivity index (χ0) is 11.6. The molecule has 0 amide bonds. The van der Waals surface area contributed by atoms with Crippen LogP contribution >= 0.6 is 11.6 Å². The zero-order valence-electron chi connectivity index (χ0n) is 9.62. The summed E-state index contributed by atoms with van der Waals surface area (Å²) in [5.41, 5.74) is 0.755. The minimum atomic E-state index is -0.442. The number of nitrogens with zero attached hydrogens (tertiary/aromatic N) is 1. The van der Waals surface area contributed by atoms with E-state index in [0.29, 0.717) is 0 Å². The van der Waals surface area contributed by atoms with Gasteiger partial charge < -0.3 is 10.0 Å². The smallest absolute Gasteiger partial charge is 0.0678 e. The first-order chi connectivity index (χ1) is 7.63. The number of piperidine rings is 1. The first kappa shape index (κ1) is 11.7. The van der Waals surface area contributed by atoms with Crippen LogP contribution in [-0.2, 0) is 0 Å². The summed E-state index contributed by atoms with van der Waals surface area (Å²) in [5, 5.41) is 10.9. The van der Waals surface area contributed by atoms with E-state index < -0.39 is 5.60 Å². The van der Waals surface area contributed by atoms with Gasteiger partial charge in [0.15, 0.2) is 0 Å². The van der Waals surface area contributed by atoms with Crippen molar-refractivity contribution in [3.63, 3.8) is 0 Å². The molecule has 1 aliphatic rings. The molecule has 0 aromatic heterocycles. The highest BCUT2D eigenvalue weighted by atomic mass is 35.5. The molecule has 0 unspecified atom stereocenters. The molecule has 0 aliphatic carbocycles. The van der Waals surface area contributed by atoms with Gasteiger partial charge in [-0.1, -0.05) is 18.5 Å². The van der Waals surface area contributed by atoms with Gasteiger partial charge in [-0.15, -0.1) is 0 Å².